The molecule has 0 saturated carbocycles. The number of carbonyl (C=O) groups is 1. The molecule has 3 aliphatic rings. The summed E-state index contributed by atoms with van der Waals surface area (Å²) in [6, 6.07) is 8.43. The first-order chi connectivity index (χ1) is 20.1. The topological polar surface area (TPSA) is 61.7 Å². The third-order valence-electron chi connectivity index (χ3n) is 8.81. The molecule has 3 aliphatic heterocycles. The number of thioether (sulfide) groups is 1. The molecule has 1 aromatic heterocycles. The predicted molar refractivity (Wildman–Crippen MR) is 164 cm³/mol. The molecule has 2 saturated heterocycles. The molecule has 7 nitrogen and oxygen atoms in total. The number of nitrogens with zero attached hydrogens (tertiary/aromatic N) is 5. The van der Waals surface area contributed by atoms with Crippen LogP contribution < -0.4 is 10.6 Å². The van der Waals surface area contributed by atoms with Gasteiger partial charge in [-0.1, -0.05) is 18.7 Å². The van der Waals surface area contributed by atoms with Crippen molar-refractivity contribution in [3.63, 3.8) is 0 Å². The first-order valence-corrected chi connectivity index (χ1v) is 15.7. The predicted octanol–water partition coefficient (Wildman–Crippen LogP) is 4.89. The van der Waals surface area contributed by atoms with Crippen molar-refractivity contribution in [2.75, 3.05) is 43.4 Å². The molecule has 0 spiro atoms. The quantitative estimate of drug-likeness (QED) is 0.393. The number of aromatic nitrogens is 2. The highest BCUT2D eigenvalue weighted by Crippen LogP contribution is 2.44. The van der Waals surface area contributed by atoms with E-state index in [9.17, 15) is 18.4 Å². The molecule has 0 unspecified atom stereocenters. The molecule has 2 aromatic carbocycles. The number of halogens is 2. The molecule has 2 fully saturated rings. The van der Waals surface area contributed by atoms with Gasteiger partial charge in [-0.25, -0.2) is 13.6 Å². The molecule has 0 bridgehead atoms. The van der Waals surface area contributed by atoms with Crippen molar-refractivity contribution in [3.05, 3.63) is 64.9 Å². The Balaban J connectivity index is 1.49. The Labute approximate surface area is 249 Å². The van der Waals surface area contributed by atoms with Gasteiger partial charge in [-0.15, -0.1) is 11.8 Å². The molecule has 0 radical (unpaired) electrons. The van der Waals surface area contributed by atoms with E-state index in [4.69, 9.17) is 0 Å². The maximum Gasteiger partial charge on any atom is 0.350 e. The van der Waals surface area contributed by atoms with Crippen LogP contribution in [-0.4, -0.2) is 82.0 Å². The normalized spacial score (nSPS) is 24.7. The van der Waals surface area contributed by atoms with Crippen LogP contribution in [0.25, 0.3) is 22.0 Å². The summed E-state index contributed by atoms with van der Waals surface area (Å²) < 4.78 is 29.7. The Morgan fingerprint density at radius 1 is 1.14 bits per heavy atom. The summed E-state index contributed by atoms with van der Waals surface area (Å²) in [5.74, 6) is 1.14. The van der Waals surface area contributed by atoms with Crippen molar-refractivity contribution in [1.82, 2.24) is 19.4 Å². The van der Waals surface area contributed by atoms with Gasteiger partial charge >= 0.3 is 5.69 Å². The highest BCUT2D eigenvalue weighted by molar-refractivity contribution is 7.99. The number of likely N-dealkylation sites (tertiary alicyclic amines) is 1. The fraction of sp³-hybridized carbons (Fsp3) is 0.469. The van der Waals surface area contributed by atoms with E-state index < -0.39 is 6.17 Å². The van der Waals surface area contributed by atoms with Crippen LogP contribution in [0.4, 0.5) is 14.6 Å². The molecule has 3 aromatic rings. The monoisotopic (exact) mass is 593 g/mol. The third kappa shape index (κ3) is 5.24. The minimum Gasteiger partial charge on any atom is -0.352 e. The lowest BCUT2D eigenvalue weighted by Gasteiger charge is -2.44. The molecule has 1 amide bonds. The molecule has 42 heavy (non-hydrogen) atoms. The zero-order chi connectivity index (χ0) is 29.7. The second kappa shape index (κ2) is 11.4. The summed E-state index contributed by atoms with van der Waals surface area (Å²) in [7, 11) is 0. The first kappa shape index (κ1) is 28.9. The second-order valence-electron chi connectivity index (χ2n) is 12.0. The zero-order valence-electron chi connectivity index (χ0n) is 24.4. The number of alkyl halides is 1. The summed E-state index contributed by atoms with van der Waals surface area (Å²) in [5.41, 5.74) is 3.44. The van der Waals surface area contributed by atoms with Crippen LogP contribution in [0.15, 0.2) is 52.7 Å². The first-order valence-electron chi connectivity index (χ1n) is 14.7. The number of amides is 1. The molecular weight excluding hydrogens is 556 g/mol. The lowest BCUT2D eigenvalue weighted by Crippen LogP contribution is -2.58. The average molecular weight is 594 g/mol. The van der Waals surface area contributed by atoms with E-state index in [-0.39, 0.29) is 35.4 Å². The number of benzene rings is 2. The fourth-order valence-corrected chi connectivity index (χ4v) is 8.42. The Morgan fingerprint density at radius 2 is 1.86 bits per heavy atom. The van der Waals surface area contributed by atoms with Crippen molar-refractivity contribution in [2.45, 2.75) is 56.9 Å². The SMILES string of the molecule is C=CC(=O)N1[C@H](C)CN(c2nc(=O)n3c4c(c(-c5ccc(F)cc5)c(C)cc24)SC[C@@H](CN2CC[C@H](F)C2)C3)C[C@@H]1C. The Hall–Kier alpha value is -3.24. The van der Waals surface area contributed by atoms with E-state index in [0.717, 1.165) is 51.3 Å². The van der Waals surface area contributed by atoms with Crippen LogP contribution in [0.3, 0.4) is 0 Å². The Kier molecular flexibility index (Phi) is 7.87. The second-order valence-corrected chi connectivity index (χ2v) is 13.0. The molecule has 0 aliphatic carbocycles. The van der Waals surface area contributed by atoms with E-state index in [1.54, 1.807) is 28.5 Å². The van der Waals surface area contributed by atoms with Crippen molar-refractivity contribution in [1.29, 1.82) is 0 Å². The van der Waals surface area contributed by atoms with Crippen molar-refractivity contribution >= 4 is 34.4 Å². The molecule has 10 heteroatoms. The number of rotatable bonds is 5. The van der Waals surface area contributed by atoms with E-state index in [0.29, 0.717) is 38.4 Å². The maximum atomic E-state index is 14.0. The average Bonchev–Trinajstić information content (AvgIpc) is 3.26. The molecule has 4 heterocycles. The molecule has 4 atom stereocenters. The number of hydrogen-bond donors (Lipinski definition) is 0. The smallest absolute Gasteiger partial charge is 0.350 e. The van der Waals surface area contributed by atoms with Crippen LogP contribution in [0, 0.1) is 18.7 Å². The zero-order valence-corrected chi connectivity index (χ0v) is 25.2. The van der Waals surface area contributed by atoms with Gasteiger partial charge in [-0.3, -0.25) is 14.3 Å². The lowest BCUT2D eigenvalue weighted by atomic mass is 9.97. The largest absolute Gasteiger partial charge is 0.352 e. The Morgan fingerprint density at radius 3 is 2.50 bits per heavy atom. The van der Waals surface area contributed by atoms with Crippen LogP contribution in [0.2, 0.25) is 0 Å². The van der Waals surface area contributed by atoms with E-state index in [1.165, 1.54) is 18.2 Å². The molecular formula is C32H37F2N5O2S. The van der Waals surface area contributed by atoms with Gasteiger partial charge in [0.15, 0.2) is 0 Å². The van der Waals surface area contributed by atoms with Gasteiger partial charge in [0.2, 0.25) is 5.91 Å². The van der Waals surface area contributed by atoms with Crippen LogP contribution in [0.1, 0.15) is 25.8 Å². The van der Waals surface area contributed by atoms with Gasteiger partial charge in [0.1, 0.15) is 17.8 Å². The van der Waals surface area contributed by atoms with Gasteiger partial charge in [0.25, 0.3) is 0 Å². The minimum atomic E-state index is -0.796. The number of anilines is 1. The van der Waals surface area contributed by atoms with E-state index in [1.807, 2.05) is 25.7 Å². The van der Waals surface area contributed by atoms with E-state index >= 15 is 0 Å². The highest BCUT2D eigenvalue weighted by Gasteiger charge is 2.35. The molecule has 0 N–H and O–H groups in total. The van der Waals surface area contributed by atoms with Crippen LogP contribution in [-0.2, 0) is 11.3 Å². The summed E-state index contributed by atoms with van der Waals surface area (Å²) in [6.45, 7) is 13.2. The minimum absolute atomic E-state index is 0.0909. The Bertz CT molecular complexity index is 1580. The summed E-state index contributed by atoms with van der Waals surface area (Å²) in [5, 5.41) is 0.897. The summed E-state index contributed by atoms with van der Waals surface area (Å²) >= 11 is 1.72. The lowest BCUT2D eigenvalue weighted by molar-refractivity contribution is -0.130. The van der Waals surface area contributed by atoms with Crippen molar-refractivity contribution in [3.8, 4) is 11.1 Å². The van der Waals surface area contributed by atoms with Crippen molar-refractivity contribution in [2.24, 2.45) is 5.92 Å². The van der Waals surface area contributed by atoms with Gasteiger partial charge in [0.05, 0.1) is 5.52 Å². The van der Waals surface area contributed by atoms with Gasteiger partial charge < -0.3 is 9.80 Å². The van der Waals surface area contributed by atoms with Gasteiger partial charge in [-0.2, -0.15) is 4.98 Å². The van der Waals surface area contributed by atoms with Gasteiger partial charge in [0, 0.05) is 73.0 Å². The molecule has 6 rings (SSSR count). The molecule has 222 valence electrons. The number of carbonyl (C=O) groups excluding carboxylic acids is 1. The highest BCUT2D eigenvalue weighted by atomic mass is 32.2. The fourth-order valence-electron chi connectivity index (χ4n) is 7.02. The maximum absolute atomic E-state index is 14.0. The number of aryl methyl sites for hydroxylation is 1. The van der Waals surface area contributed by atoms with Crippen LogP contribution >= 0.6 is 11.8 Å². The summed E-state index contributed by atoms with van der Waals surface area (Å²) in [6.07, 6.45) is 1.11. The van der Waals surface area contributed by atoms with Crippen molar-refractivity contribution < 1.29 is 13.6 Å². The number of hydrogen-bond acceptors (Lipinski definition) is 6. The number of piperazine rings is 1. The van der Waals surface area contributed by atoms with Gasteiger partial charge in [-0.05, 0) is 68.5 Å². The standard InChI is InChI=1S/C32H37F2N5O2S/c1-5-27(40)39-20(3)13-37(14-21(39)4)31-26-12-19(2)28(23-6-8-24(33)9-7-23)30-29(26)38(32(41)35-31)16-22(18-42-30)15-36-11-10-25(34)17-36/h5-9,12,20-22,25H,1,10-11,13-18H2,2-4H3/t20-,21+,22-,25-/m0/s1. The summed E-state index contributed by atoms with van der Waals surface area (Å²) in [4.78, 5) is 38.2. The van der Waals surface area contributed by atoms with E-state index in [2.05, 4.69) is 27.4 Å². The van der Waals surface area contributed by atoms with Crippen LogP contribution in [0.5, 0.6) is 0 Å². The third-order valence-corrected chi connectivity index (χ3v) is 10.1.